The van der Waals surface area contributed by atoms with Crippen LogP contribution in [0.15, 0.2) is 24.3 Å². The van der Waals surface area contributed by atoms with Crippen LogP contribution in [-0.4, -0.2) is 30.3 Å². The van der Waals surface area contributed by atoms with E-state index in [1.165, 1.54) is 24.3 Å². The normalized spacial score (nSPS) is 10.4. The number of halogens is 3. The molecule has 0 unspecified atom stereocenters. The predicted octanol–water partition coefficient (Wildman–Crippen LogP) is 2.70. The number of hydrogen-bond acceptors (Lipinski definition) is 4. The smallest absolute Gasteiger partial charge is 0.450 e. The van der Waals surface area contributed by atoms with E-state index >= 15 is 0 Å². The fourth-order valence-corrected chi connectivity index (χ4v) is 1.52. The summed E-state index contributed by atoms with van der Waals surface area (Å²) in [5.74, 6) is 1.77. The molecule has 0 radical (unpaired) electrons. The zero-order chi connectivity index (χ0) is 17.5. The van der Waals surface area contributed by atoms with Crippen LogP contribution in [0.1, 0.15) is 35.7 Å². The van der Waals surface area contributed by atoms with Crippen molar-refractivity contribution < 1.29 is 32.3 Å². The number of esters is 1. The van der Waals surface area contributed by atoms with E-state index in [1.54, 1.807) is 6.92 Å². The van der Waals surface area contributed by atoms with Crippen LogP contribution in [0.3, 0.4) is 0 Å². The molecule has 0 atom stereocenters. The third-order valence-corrected chi connectivity index (χ3v) is 2.61. The topological polar surface area (TPSA) is 60.4 Å². The van der Waals surface area contributed by atoms with Gasteiger partial charge in [-0.25, -0.2) is 0 Å². The van der Waals surface area contributed by atoms with Crippen LogP contribution in [0.4, 0.5) is 13.2 Å². The summed E-state index contributed by atoms with van der Waals surface area (Å²) in [6.45, 7) is 1.93. The number of Topliss-reactive ketones (excluding diaryl/α,β-unsaturated/α-hetero) is 2. The molecule has 0 spiro atoms. The van der Waals surface area contributed by atoms with Gasteiger partial charge in [-0.3, -0.25) is 14.4 Å². The molecule has 23 heavy (non-hydrogen) atoms. The number of alkyl halides is 3. The fraction of sp³-hybridized carbons (Fsp3) is 0.312. The van der Waals surface area contributed by atoms with Gasteiger partial charge in [-0.15, -0.1) is 0 Å². The van der Waals surface area contributed by atoms with Crippen molar-refractivity contribution in [1.29, 1.82) is 0 Å². The summed E-state index contributed by atoms with van der Waals surface area (Å²) < 4.78 is 41.0. The molecule has 1 aromatic carbocycles. The highest BCUT2D eigenvalue weighted by atomic mass is 19.4. The zero-order valence-electron chi connectivity index (χ0n) is 12.2. The van der Waals surface area contributed by atoms with E-state index in [1.807, 2.05) is 0 Å². The van der Waals surface area contributed by atoms with Crippen LogP contribution in [0.25, 0.3) is 0 Å². The van der Waals surface area contributed by atoms with Crippen molar-refractivity contribution in [1.82, 2.24) is 0 Å². The molecule has 0 aliphatic heterocycles. The molecule has 0 aliphatic carbocycles. The van der Waals surface area contributed by atoms with E-state index in [-0.39, 0.29) is 18.6 Å². The number of ether oxygens (including phenoxy) is 1. The third-order valence-electron chi connectivity index (χ3n) is 2.61. The standard InChI is InChI=1S/C16H13F3O4/c1-2-23-15(22)5-3-4-11-6-8-12(9-7-11)13(20)10-14(21)16(17,18)19/h6-9H,2,5,10H2,1H3. The van der Waals surface area contributed by atoms with Crippen molar-refractivity contribution >= 4 is 17.5 Å². The Balaban J connectivity index is 2.66. The minimum atomic E-state index is -5.02. The van der Waals surface area contributed by atoms with Crippen LogP contribution < -0.4 is 0 Å². The van der Waals surface area contributed by atoms with Gasteiger partial charge in [-0.2, -0.15) is 13.2 Å². The first-order valence-corrected chi connectivity index (χ1v) is 6.61. The Morgan fingerprint density at radius 2 is 1.74 bits per heavy atom. The van der Waals surface area contributed by atoms with Crippen molar-refractivity contribution in [3.05, 3.63) is 35.4 Å². The van der Waals surface area contributed by atoms with Gasteiger partial charge in [0.25, 0.3) is 0 Å². The Morgan fingerprint density at radius 3 is 2.26 bits per heavy atom. The van der Waals surface area contributed by atoms with E-state index in [0.717, 1.165) is 0 Å². The second-order valence-corrected chi connectivity index (χ2v) is 4.38. The Labute approximate surface area is 130 Å². The van der Waals surface area contributed by atoms with Crippen LogP contribution in [-0.2, 0) is 14.3 Å². The van der Waals surface area contributed by atoms with E-state index in [0.29, 0.717) is 5.56 Å². The minimum Gasteiger partial charge on any atom is -0.465 e. The maximum atomic E-state index is 12.1. The average molecular weight is 326 g/mol. The first kappa shape index (κ1) is 18.4. The minimum absolute atomic E-state index is 0.0152. The lowest BCUT2D eigenvalue weighted by atomic mass is 10.0. The lowest BCUT2D eigenvalue weighted by Crippen LogP contribution is -2.25. The Hall–Kier alpha value is -2.62. The number of carbonyl (C=O) groups excluding carboxylic acids is 3. The lowest BCUT2D eigenvalue weighted by Gasteiger charge is -2.04. The van der Waals surface area contributed by atoms with E-state index in [2.05, 4.69) is 16.6 Å². The maximum absolute atomic E-state index is 12.1. The largest absolute Gasteiger partial charge is 0.465 e. The fourth-order valence-electron chi connectivity index (χ4n) is 1.52. The lowest BCUT2D eigenvalue weighted by molar-refractivity contribution is -0.170. The van der Waals surface area contributed by atoms with Crippen LogP contribution in [0.2, 0.25) is 0 Å². The molecule has 1 aromatic rings. The molecule has 7 heteroatoms. The molecular formula is C16H13F3O4. The SMILES string of the molecule is CCOC(=O)CC#Cc1ccc(C(=O)CC(=O)C(F)(F)F)cc1. The summed E-state index contributed by atoms with van der Waals surface area (Å²) in [6, 6.07) is 5.40. The second-order valence-electron chi connectivity index (χ2n) is 4.38. The van der Waals surface area contributed by atoms with E-state index in [4.69, 9.17) is 0 Å². The molecule has 0 aromatic heterocycles. The summed E-state index contributed by atoms with van der Waals surface area (Å²) in [7, 11) is 0. The highest BCUT2D eigenvalue weighted by Crippen LogP contribution is 2.19. The molecule has 0 N–H and O–H groups in total. The molecule has 0 saturated heterocycles. The molecule has 0 bridgehead atoms. The summed E-state index contributed by atoms with van der Waals surface area (Å²) in [4.78, 5) is 33.4. The first-order valence-electron chi connectivity index (χ1n) is 6.61. The van der Waals surface area contributed by atoms with Crippen LogP contribution in [0, 0.1) is 11.8 Å². The van der Waals surface area contributed by atoms with Crippen molar-refractivity contribution in [3.8, 4) is 11.8 Å². The number of hydrogen-bond donors (Lipinski definition) is 0. The second kappa shape index (κ2) is 8.13. The van der Waals surface area contributed by atoms with Gasteiger partial charge in [0.1, 0.15) is 6.42 Å². The monoisotopic (exact) mass is 326 g/mol. The Morgan fingerprint density at radius 1 is 1.13 bits per heavy atom. The predicted molar refractivity (Wildman–Crippen MR) is 74.6 cm³/mol. The van der Waals surface area contributed by atoms with Gasteiger partial charge in [0.05, 0.1) is 13.0 Å². The van der Waals surface area contributed by atoms with Gasteiger partial charge in [0.2, 0.25) is 5.78 Å². The van der Waals surface area contributed by atoms with Gasteiger partial charge < -0.3 is 4.74 Å². The van der Waals surface area contributed by atoms with Crippen molar-refractivity contribution in [2.75, 3.05) is 6.61 Å². The van der Waals surface area contributed by atoms with Crippen molar-refractivity contribution in [3.63, 3.8) is 0 Å². The maximum Gasteiger partial charge on any atom is 0.450 e. The van der Waals surface area contributed by atoms with Gasteiger partial charge in [-0.1, -0.05) is 24.0 Å². The number of benzene rings is 1. The number of carbonyl (C=O) groups is 3. The molecule has 0 fully saturated rings. The third kappa shape index (κ3) is 6.34. The highest BCUT2D eigenvalue weighted by Gasteiger charge is 2.39. The zero-order valence-corrected chi connectivity index (χ0v) is 12.2. The van der Waals surface area contributed by atoms with E-state index in [9.17, 15) is 27.6 Å². The molecule has 0 saturated carbocycles. The van der Waals surface area contributed by atoms with Gasteiger partial charge in [0.15, 0.2) is 5.78 Å². The van der Waals surface area contributed by atoms with Gasteiger partial charge >= 0.3 is 12.1 Å². The Kier molecular flexibility index (Phi) is 6.51. The van der Waals surface area contributed by atoms with E-state index < -0.39 is 30.1 Å². The summed E-state index contributed by atoms with van der Waals surface area (Å²) in [5, 5.41) is 0. The van der Waals surface area contributed by atoms with Gasteiger partial charge in [0, 0.05) is 11.1 Å². The van der Waals surface area contributed by atoms with Gasteiger partial charge in [-0.05, 0) is 19.1 Å². The summed E-state index contributed by atoms with van der Waals surface area (Å²) in [5.41, 5.74) is 0.464. The van der Waals surface area contributed by atoms with Crippen LogP contribution >= 0.6 is 0 Å². The van der Waals surface area contributed by atoms with Crippen molar-refractivity contribution in [2.24, 2.45) is 0 Å². The summed E-state index contributed by atoms with van der Waals surface area (Å²) >= 11 is 0. The quantitative estimate of drug-likeness (QED) is 0.361. The summed E-state index contributed by atoms with van der Waals surface area (Å²) in [6.07, 6.45) is -6.33. The molecule has 4 nitrogen and oxygen atoms in total. The first-order chi connectivity index (χ1) is 10.7. The molecule has 1 rings (SSSR count). The highest BCUT2D eigenvalue weighted by molar-refractivity contribution is 6.09. The molecule has 0 aliphatic rings. The molecule has 0 heterocycles. The molecule has 0 amide bonds. The number of ketones is 2. The van der Waals surface area contributed by atoms with Crippen molar-refractivity contribution in [2.45, 2.75) is 25.9 Å². The molecule has 122 valence electrons. The van der Waals surface area contributed by atoms with Crippen LogP contribution in [0.5, 0.6) is 0 Å². The Bertz CT molecular complexity index is 649. The average Bonchev–Trinajstić information content (AvgIpc) is 2.47. The molecular weight excluding hydrogens is 313 g/mol. The number of rotatable bonds is 5.